The third-order valence-corrected chi connectivity index (χ3v) is 5.60. The Morgan fingerprint density at radius 2 is 1.82 bits per heavy atom. The number of nitrogens with zero attached hydrogens (tertiary/aromatic N) is 1. The zero-order valence-corrected chi connectivity index (χ0v) is 17.8. The van der Waals surface area contributed by atoms with Gasteiger partial charge in [0.25, 0.3) is 0 Å². The average Bonchev–Trinajstić information content (AvgIpc) is 2.43. The Balaban J connectivity index is 1.55. The first kappa shape index (κ1) is 21.2. The number of likely N-dealkylation sites (tertiary alicyclic amines) is 1. The molecule has 1 amide bonds. The van der Waals surface area contributed by atoms with Crippen LogP contribution < -0.4 is 5.32 Å². The zero-order chi connectivity index (χ0) is 20.7. The molecular weight excluding hydrogens is 403 g/mol. The summed E-state index contributed by atoms with van der Waals surface area (Å²) >= 11 is 12.1. The van der Waals surface area contributed by atoms with E-state index >= 15 is 0 Å². The van der Waals surface area contributed by atoms with Crippen LogP contribution >= 0.6 is 23.2 Å². The molecule has 154 valence electrons. The number of hydrogen-bond donors (Lipinski definition) is 2. The second-order valence-corrected chi connectivity index (χ2v) is 9.83. The standard InChI is InChI=1S/C20H26Cl2N2O4/c1-19(2,3)28-18(27)24-10-20(11-24)8-15(9-20)23-16(7-17(25)26)12-4-13(21)6-14(22)5-12/h4-6,15-16,23H,7-11H2,1-3H3,(H,25,26). The van der Waals surface area contributed by atoms with Crippen LogP contribution in [0.25, 0.3) is 0 Å². The smallest absolute Gasteiger partial charge is 0.410 e. The molecule has 0 aromatic heterocycles. The van der Waals surface area contributed by atoms with E-state index in [4.69, 9.17) is 27.9 Å². The second kappa shape index (κ2) is 7.73. The van der Waals surface area contributed by atoms with E-state index in [0.29, 0.717) is 23.1 Å². The average molecular weight is 429 g/mol. The van der Waals surface area contributed by atoms with Crippen LogP contribution in [0.4, 0.5) is 4.79 Å². The summed E-state index contributed by atoms with van der Waals surface area (Å²) in [4.78, 5) is 25.1. The predicted octanol–water partition coefficient (Wildman–Crippen LogP) is 4.50. The lowest BCUT2D eigenvalue weighted by atomic mass is 9.60. The molecule has 0 radical (unpaired) electrons. The largest absolute Gasteiger partial charge is 0.481 e. The molecule has 28 heavy (non-hydrogen) atoms. The summed E-state index contributed by atoms with van der Waals surface area (Å²) in [5.74, 6) is -0.887. The van der Waals surface area contributed by atoms with E-state index in [9.17, 15) is 14.7 Å². The molecule has 1 aromatic rings. The van der Waals surface area contributed by atoms with Gasteiger partial charge in [-0.1, -0.05) is 23.2 Å². The van der Waals surface area contributed by atoms with Crippen molar-refractivity contribution in [3.8, 4) is 0 Å². The molecule has 1 aliphatic carbocycles. The van der Waals surface area contributed by atoms with E-state index in [1.807, 2.05) is 20.8 Å². The second-order valence-electron chi connectivity index (χ2n) is 8.96. The van der Waals surface area contributed by atoms with Crippen molar-refractivity contribution in [3.05, 3.63) is 33.8 Å². The summed E-state index contributed by atoms with van der Waals surface area (Å²) < 4.78 is 5.40. The van der Waals surface area contributed by atoms with Crippen molar-refractivity contribution in [3.63, 3.8) is 0 Å². The summed E-state index contributed by atoms with van der Waals surface area (Å²) in [5, 5.41) is 13.7. The number of carbonyl (C=O) groups excluding carboxylic acids is 1. The maximum atomic E-state index is 12.1. The molecule has 1 unspecified atom stereocenters. The van der Waals surface area contributed by atoms with Gasteiger partial charge in [-0.3, -0.25) is 4.79 Å². The van der Waals surface area contributed by atoms with Crippen molar-refractivity contribution >= 4 is 35.3 Å². The molecule has 1 spiro atoms. The Kier molecular flexibility index (Phi) is 5.86. The fourth-order valence-corrected chi connectivity index (χ4v) is 4.63. The third kappa shape index (κ3) is 5.10. The zero-order valence-electron chi connectivity index (χ0n) is 16.3. The Hall–Kier alpha value is -1.50. The predicted molar refractivity (Wildman–Crippen MR) is 108 cm³/mol. The molecule has 3 rings (SSSR count). The first-order valence-electron chi connectivity index (χ1n) is 9.36. The van der Waals surface area contributed by atoms with Crippen LogP contribution in [0.5, 0.6) is 0 Å². The molecule has 1 aromatic carbocycles. The van der Waals surface area contributed by atoms with Gasteiger partial charge in [0.1, 0.15) is 5.60 Å². The number of rotatable bonds is 5. The fourth-order valence-electron chi connectivity index (χ4n) is 4.09. The van der Waals surface area contributed by atoms with Gasteiger partial charge in [-0.2, -0.15) is 0 Å². The number of carboxylic acid groups (broad SMARTS) is 1. The number of benzene rings is 1. The van der Waals surface area contributed by atoms with E-state index in [1.54, 1.807) is 23.1 Å². The van der Waals surface area contributed by atoms with Gasteiger partial charge in [0.15, 0.2) is 0 Å². The molecule has 0 bridgehead atoms. The Bertz CT molecular complexity index is 744. The highest BCUT2D eigenvalue weighted by Crippen LogP contribution is 2.49. The van der Waals surface area contributed by atoms with Crippen LogP contribution in [0.3, 0.4) is 0 Å². The van der Waals surface area contributed by atoms with Gasteiger partial charge >= 0.3 is 12.1 Å². The molecular formula is C20H26Cl2N2O4. The molecule has 6 nitrogen and oxygen atoms in total. The van der Waals surface area contributed by atoms with Crippen molar-refractivity contribution in [1.82, 2.24) is 10.2 Å². The normalized spacial score (nSPS) is 19.7. The van der Waals surface area contributed by atoms with Crippen LogP contribution in [-0.4, -0.2) is 46.8 Å². The number of ether oxygens (including phenoxy) is 1. The molecule has 1 atom stereocenters. The van der Waals surface area contributed by atoms with Gasteiger partial charge < -0.3 is 20.1 Å². The van der Waals surface area contributed by atoms with Crippen molar-refractivity contribution < 1.29 is 19.4 Å². The number of halogens is 2. The molecule has 1 saturated carbocycles. The van der Waals surface area contributed by atoms with Gasteiger partial charge in [0.05, 0.1) is 6.42 Å². The van der Waals surface area contributed by atoms with Crippen molar-refractivity contribution in [1.29, 1.82) is 0 Å². The molecule has 2 aliphatic rings. The first-order valence-corrected chi connectivity index (χ1v) is 10.1. The highest BCUT2D eigenvalue weighted by Gasteiger charge is 2.54. The molecule has 2 fully saturated rings. The maximum Gasteiger partial charge on any atom is 0.410 e. The van der Waals surface area contributed by atoms with E-state index in [0.717, 1.165) is 18.4 Å². The van der Waals surface area contributed by atoms with Gasteiger partial charge in [-0.15, -0.1) is 0 Å². The Labute approximate surface area is 175 Å². The molecule has 1 aliphatic heterocycles. The highest BCUT2D eigenvalue weighted by molar-refractivity contribution is 6.34. The third-order valence-electron chi connectivity index (χ3n) is 5.17. The van der Waals surface area contributed by atoms with Gasteiger partial charge in [-0.25, -0.2) is 4.79 Å². The van der Waals surface area contributed by atoms with Gasteiger partial charge in [-0.05, 0) is 57.4 Å². The summed E-state index contributed by atoms with van der Waals surface area (Å²) in [6, 6.07) is 4.95. The molecule has 2 N–H and O–H groups in total. The lowest BCUT2D eigenvalue weighted by Gasteiger charge is -2.59. The minimum absolute atomic E-state index is 0.0514. The molecule has 8 heteroatoms. The Morgan fingerprint density at radius 3 is 2.32 bits per heavy atom. The summed E-state index contributed by atoms with van der Waals surface area (Å²) in [6.45, 7) is 6.94. The van der Waals surface area contributed by atoms with Crippen molar-refractivity contribution in [2.45, 2.75) is 57.7 Å². The first-order chi connectivity index (χ1) is 12.9. The SMILES string of the molecule is CC(C)(C)OC(=O)N1CC2(CC(NC(CC(=O)O)c3cc(Cl)cc(Cl)c3)C2)C1. The number of aliphatic carboxylic acids is 1. The minimum atomic E-state index is -0.887. The van der Waals surface area contributed by atoms with Crippen LogP contribution in [-0.2, 0) is 9.53 Å². The summed E-state index contributed by atoms with van der Waals surface area (Å²) in [6.07, 6.45) is 1.48. The highest BCUT2D eigenvalue weighted by atomic mass is 35.5. The summed E-state index contributed by atoms with van der Waals surface area (Å²) in [7, 11) is 0. The Morgan fingerprint density at radius 1 is 1.25 bits per heavy atom. The van der Waals surface area contributed by atoms with E-state index in [-0.39, 0.29) is 30.0 Å². The van der Waals surface area contributed by atoms with E-state index in [1.165, 1.54) is 0 Å². The quantitative estimate of drug-likeness (QED) is 0.721. The van der Waals surface area contributed by atoms with Crippen LogP contribution in [0.1, 0.15) is 51.6 Å². The van der Waals surface area contributed by atoms with E-state index < -0.39 is 11.6 Å². The van der Waals surface area contributed by atoms with Crippen molar-refractivity contribution in [2.75, 3.05) is 13.1 Å². The van der Waals surface area contributed by atoms with Gasteiger partial charge in [0, 0.05) is 40.6 Å². The van der Waals surface area contributed by atoms with E-state index in [2.05, 4.69) is 5.32 Å². The fraction of sp³-hybridized carbons (Fsp3) is 0.600. The summed E-state index contributed by atoms with van der Waals surface area (Å²) in [5.41, 5.74) is 0.394. The van der Waals surface area contributed by atoms with Crippen LogP contribution in [0.15, 0.2) is 18.2 Å². The van der Waals surface area contributed by atoms with Crippen molar-refractivity contribution in [2.24, 2.45) is 5.41 Å². The van der Waals surface area contributed by atoms with Crippen LogP contribution in [0.2, 0.25) is 10.0 Å². The number of carbonyl (C=O) groups is 2. The van der Waals surface area contributed by atoms with Gasteiger partial charge in [0.2, 0.25) is 0 Å². The molecule has 1 saturated heterocycles. The molecule has 1 heterocycles. The lowest BCUT2D eigenvalue weighted by Crippen LogP contribution is -2.67. The number of hydrogen-bond acceptors (Lipinski definition) is 4. The number of amides is 1. The topological polar surface area (TPSA) is 78.9 Å². The van der Waals surface area contributed by atoms with Crippen LogP contribution in [0, 0.1) is 5.41 Å². The number of nitrogens with one attached hydrogen (secondary N) is 1. The maximum absolute atomic E-state index is 12.1. The minimum Gasteiger partial charge on any atom is -0.481 e. The number of carboxylic acids is 1. The lowest BCUT2D eigenvalue weighted by molar-refractivity contribution is -0.138. The monoisotopic (exact) mass is 428 g/mol.